The van der Waals surface area contributed by atoms with Crippen LogP contribution >= 0.6 is 0 Å². The predicted molar refractivity (Wildman–Crippen MR) is 250 cm³/mol. The molecule has 0 aliphatic rings. The molecule has 0 aliphatic carbocycles. The van der Waals surface area contributed by atoms with Gasteiger partial charge in [-0.3, -0.25) is 9.59 Å². The quantitative estimate of drug-likeness (QED) is 0.0323. The van der Waals surface area contributed by atoms with Crippen molar-refractivity contribution in [1.29, 1.82) is 0 Å². The van der Waals surface area contributed by atoms with Gasteiger partial charge in [-0.15, -0.1) is 0 Å². The summed E-state index contributed by atoms with van der Waals surface area (Å²) < 4.78 is 5.90. The van der Waals surface area contributed by atoms with Gasteiger partial charge in [0.2, 0.25) is 5.91 Å². The molecule has 1 amide bonds. The molecule has 6 heteroatoms. The molecule has 0 aromatic carbocycles. The maximum atomic E-state index is 13.1. The van der Waals surface area contributed by atoms with E-state index < -0.39 is 18.2 Å². The first kappa shape index (κ1) is 56.1. The second kappa shape index (κ2) is 46.2. The van der Waals surface area contributed by atoms with E-state index in [2.05, 4.69) is 62.5 Å². The van der Waals surface area contributed by atoms with Crippen molar-refractivity contribution in [2.75, 3.05) is 6.61 Å². The molecule has 340 valence electrons. The minimum Gasteiger partial charge on any atom is -0.462 e. The van der Waals surface area contributed by atoms with E-state index in [0.29, 0.717) is 19.3 Å². The normalized spacial score (nSPS) is 13.5. The third kappa shape index (κ3) is 40.8. The monoisotopic (exact) mass is 816 g/mol. The third-order valence-electron chi connectivity index (χ3n) is 11.4. The second-order valence-electron chi connectivity index (χ2n) is 17.2. The molecule has 0 aromatic heterocycles. The molecule has 3 unspecified atom stereocenters. The lowest BCUT2D eigenvalue weighted by atomic mass is 10.0. The number of aliphatic hydroxyl groups excluding tert-OH is 2. The summed E-state index contributed by atoms with van der Waals surface area (Å²) >= 11 is 0. The maximum Gasteiger partial charge on any atom is 0.306 e. The predicted octanol–water partition coefficient (Wildman–Crippen LogP) is 14.9. The first-order valence-electron chi connectivity index (χ1n) is 25.2. The van der Waals surface area contributed by atoms with Crippen LogP contribution in [0.5, 0.6) is 0 Å². The summed E-state index contributed by atoms with van der Waals surface area (Å²) in [7, 11) is 0. The summed E-state index contributed by atoms with van der Waals surface area (Å²) in [6.07, 6.45) is 53.5. The molecule has 0 saturated carbocycles. The van der Waals surface area contributed by atoms with Crippen LogP contribution in [0.3, 0.4) is 0 Å². The van der Waals surface area contributed by atoms with Crippen molar-refractivity contribution in [3.05, 3.63) is 36.5 Å². The molecule has 0 rings (SSSR count). The molecule has 0 bridgehead atoms. The molecule has 0 fully saturated rings. The van der Waals surface area contributed by atoms with Gasteiger partial charge >= 0.3 is 5.97 Å². The summed E-state index contributed by atoms with van der Waals surface area (Å²) in [5.41, 5.74) is 0. The number of rotatable bonds is 45. The van der Waals surface area contributed by atoms with Gasteiger partial charge in [0.15, 0.2) is 0 Å². The average Bonchev–Trinajstić information content (AvgIpc) is 3.22. The summed E-state index contributed by atoms with van der Waals surface area (Å²) in [4.78, 5) is 26.0. The Hall–Kier alpha value is -1.92. The summed E-state index contributed by atoms with van der Waals surface area (Å²) in [6.45, 7) is 6.41. The van der Waals surface area contributed by atoms with Crippen molar-refractivity contribution in [3.8, 4) is 0 Å². The van der Waals surface area contributed by atoms with Crippen LogP contribution in [0.4, 0.5) is 0 Å². The van der Waals surface area contributed by atoms with Gasteiger partial charge in [-0.25, -0.2) is 0 Å². The van der Waals surface area contributed by atoms with Crippen molar-refractivity contribution in [2.24, 2.45) is 0 Å². The minimum atomic E-state index is -0.788. The lowest BCUT2D eigenvalue weighted by molar-refractivity contribution is -0.151. The lowest BCUT2D eigenvalue weighted by Crippen LogP contribution is -2.46. The van der Waals surface area contributed by atoms with Crippen LogP contribution in [-0.2, 0) is 14.3 Å². The van der Waals surface area contributed by atoms with Gasteiger partial charge in [0.1, 0.15) is 6.10 Å². The molecule has 0 aliphatic heterocycles. The van der Waals surface area contributed by atoms with E-state index in [1.165, 1.54) is 135 Å². The SMILES string of the molecule is CCCC/C=C\CCCCCC(CC(=O)NC(CO)C(O)CCCCCCCCCCCCC)OC(=O)CCCCCCCCCCC/C=C\C/C=C\CCCCC. The summed E-state index contributed by atoms with van der Waals surface area (Å²) in [5.74, 6) is -0.491. The Balaban J connectivity index is 4.43. The Morgan fingerprint density at radius 2 is 0.897 bits per heavy atom. The summed E-state index contributed by atoms with van der Waals surface area (Å²) in [6, 6.07) is -0.703. The van der Waals surface area contributed by atoms with Crippen molar-refractivity contribution in [2.45, 2.75) is 277 Å². The highest BCUT2D eigenvalue weighted by Gasteiger charge is 2.24. The van der Waals surface area contributed by atoms with Crippen LogP contribution in [0, 0.1) is 0 Å². The van der Waals surface area contributed by atoms with Crippen LogP contribution in [0.25, 0.3) is 0 Å². The second-order valence-corrected chi connectivity index (χ2v) is 17.2. The van der Waals surface area contributed by atoms with E-state index >= 15 is 0 Å². The smallest absolute Gasteiger partial charge is 0.306 e. The highest BCUT2D eigenvalue weighted by atomic mass is 16.5. The lowest BCUT2D eigenvalue weighted by Gasteiger charge is -2.24. The molecule has 0 heterocycles. The number of carbonyl (C=O) groups is 2. The largest absolute Gasteiger partial charge is 0.462 e. The number of hydrogen-bond donors (Lipinski definition) is 3. The van der Waals surface area contributed by atoms with Crippen LogP contribution < -0.4 is 5.32 Å². The number of ether oxygens (including phenoxy) is 1. The zero-order chi connectivity index (χ0) is 42.4. The van der Waals surface area contributed by atoms with Gasteiger partial charge < -0.3 is 20.3 Å². The Bertz CT molecular complexity index is 961. The average molecular weight is 816 g/mol. The third-order valence-corrected chi connectivity index (χ3v) is 11.4. The van der Waals surface area contributed by atoms with Crippen LogP contribution in [0.2, 0.25) is 0 Å². The highest BCUT2D eigenvalue weighted by molar-refractivity contribution is 5.77. The zero-order valence-electron chi connectivity index (χ0n) is 38.7. The standard InChI is InChI=1S/C52H97NO5/c1-4-7-10-13-16-19-21-22-23-24-25-26-27-28-30-33-36-39-42-45-52(57)58-48(43-40-37-34-31-18-15-12-9-6-3)46-51(56)53-49(47-54)50(55)44-41-38-35-32-29-20-17-14-11-8-5-2/h15-16,18-19,22-23,48-50,54-55H,4-14,17,20-21,24-47H2,1-3H3,(H,53,56)/b18-15-,19-16-,23-22-. The molecular weight excluding hydrogens is 719 g/mol. The molecular formula is C52H97NO5. The number of hydrogen-bond acceptors (Lipinski definition) is 5. The zero-order valence-corrected chi connectivity index (χ0v) is 38.7. The van der Waals surface area contributed by atoms with Crippen molar-refractivity contribution in [1.82, 2.24) is 5.32 Å². The van der Waals surface area contributed by atoms with Gasteiger partial charge in [0.05, 0.1) is 25.2 Å². The fourth-order valence-corrected chi connectivity index (χ4v) is 7.56. The Kier molecular flexibility index (Phi) is 44.6. The molecule has 58 heavy (non-hydrogen) atoms. The van der Waals surface area contributed by atoms with Gasteiger partial charge in [0.25, 0.3) is 0 Å². The van der Waals surface area contributed by atoms with E-state index in [1.807, 2.05) is 0 Å². The van der Waals surface area contributed by atoms with Gasteiger partial charge in [-0.1, -0.05) is 205 Å². The fourth-order valence-electron chi connectivity index (χ4n) is 7.56. The number of allylic oxidation sites excluding steroid dienone is 6. The number of aliphatic hydroxyl groups is 2. The first-order chi connectivity index (χ1) is 28.5. The Morgan fingerprint density at radius 1 is 0.500 bits per heavy atom. The highest BCUT2D eigenvalue weighted by Crippen LogP contribution is 2.17. The Morgan fingerprint density at radius 3 is 1.43 bits per heavy atom. The Labute approximate surface area is 360 Å². The first-order valence-corrected chi connectivity index (χ1v) is 25.2. The van der Waals surface area contributed by atoms with Gasteiger partial charge in [-0.2, -0.15) is 0 Å². The molecule has 0 spiro atoms. The molecule has 3 N–H and O–H groups in total. The minimum absolute atomic E-state index is 0.0666. The molecule has 6 nitrogen and oxygen atoms in total. The van der Waals surface area contributed by atoms with Crippen molar-refractivity contribution in [3.63, 3.8) is 0 Å². The molecule has 0 aromatic rings. The van der Waals surface area contributed by atoms with Gasteiger partial charge in [-0.05, 0) is 77.0 Å². The number of unbranched alkanes of at least 4 members (excludes halogenated alkanes) is 27. The number of esters is 1. The van der Waals surface area contributed by atoms with Crippen molar-refractivity contribution >= 4 is 11.9 Å². The van der Waals surface area contributed by atoms with E-state index in [9.17, 15) is 19.8 Å². The summed E-state index contributed by atoms with van der Waals surface area (Å²) in [5, 5.41) is 23.7. The van der Waals surface area contributed by atoms with Crippen LogP contribution in [-0.4, -0.2) is 46.9 Å². The fraction of sp³-hybridized carbons (Fsp3) is 0.846. The van der Waals surface area contributed by atoms with Crippen LogP contribution in [0.1, 0.15) is 258 Å². The number of carbonyl (C=O) groups excluding carboxylic acids is 2. The van der Waals surface area contributed by atoms with E-state index in [0.717, 1.165) is 77.0 Å². The van der Waals surface area contributed by atoms with Crippen molar-refractivity contribution < 1.29 is 24.5 Å². The van der Waals surface area contributed by atoms with Gasteiger partial charge in [0, 0.05) is 6.42 Å². The number of nitrogens with one attached hydrogen (secondary N) is 1. The van der Waals surface area contributed by atoms with Crippen LogP contribution in [0.15, 0.2) is 36.5 Å². The molecule has 0 radical (unpaired) electrons. The van der Waals surface area contributed by atoms with E-state index in [4.69, 9.17) is 4.74 Å². The number of amides is 1. The topological polar surface area (TPSA) is 95.9 Å². The molecule has 0 saturated heterocycles. The van der Waals surface area contributed by atoms with E-state index in [1.54, 1.807) is 0 Å². The molecule has 3 atom stereocenters. The van der Waals surface area contributed by atoms with E-state index in [-0.39, 0.29) is 24.9 Å². The maximum absolute atomic E-state index is 13.1.